The maximum atomic E-state index is 12.1. The topological polar surface area (TPSA) is 46.9 Å². The van der Waals surface area contributed by atoms with E-state index in [2.05, 4.69) is 31.1 Å². The molecule has 98 valence electrons. The van der Waals surface area contributed by atoms with Gasteiger partial charge in [-0.3, -0.25) is 9.36 Å². The summed E-state index contributed by atoms with van der Waals surface area (Å²) in [4.78, 5) is 17.2. The summed E-state index contributed by atoms with van der Waals surface area (Å²) >= 11 is 1.51. The summed E-state index contributed by atoms with van der Waals surface area (Å²) in [5, 5.41) is 6.05. The minimum Gasteiger partial charge on any atom is -0.312 e. The maximum Gasteiger partial charge on any atom is 0.262 e. The quantitative estimate of drug-likeness (QED) is 0.862. The predicted octanol–water partition coefficient (Wildman–Crippen LogP) is 2.24. The summed E-state index contributed by atoms with van der Waals surface area (Å²) in [6, 6.07) is 1.85. The van der Waals surface area contributed by atoms with E-state index in [0.29, 0.717) is 6.54 Å². The number of hydrogen-bond donors (Lipinski definition) is 1. The van der Waals surface area contributed by atoms with Crippen LogP contribution in [0, 0.1) is 0 Å². The fourth-order valence-electron chi connectivity index (χ4n) is 1.77. The van der Waals surface area contributed by atoms with E-state index in [0.717, 1.165) is 23.2 Å². The summed E-state index contributed by atoms with van der Waals surface area (Å²) in [6.45, 7) is 8.02. The highest BCUT2D eigenvalue weighted by Crippen LogP contribution is 2.13. The zero-order chi connectivity index (χ0) is 13.2. The average Bonchev–Trinajstić information content (AvgIpc) is 2.74. The minimum absolute atomic E-state index is 0.0667. The van der Waals surface area contributed by atoms with Crippen LogP contribution in [0.25, 0.3) is 10.2 Å². The summed E-state index contributed by atoms with van der Waals surface area (Å²) in [5.74, 6) is 0. The molecular formula is C13H19N3OS. The molecule has 0 fully saturated rings. The molecule has 2 heterocycles. The smallest absolute Gasteiger partial charge is 0.262 e. The molecule has 0 spiro atoms. The Balaban J connectivity index is 2.00. The highest BCUT2D eigenvalue weighted by molar-refractivity contribution is 7.16. The molecule has 4 nitrogen and oxygen atoms in total. The third-order valence-electron chi connectivity index (χ3n) is 2.68. The first-order valence-electron chi connectivity index (χ1n) is 6.15. The molecule has 2 aromatic heterocycles. The van der Waals surface area contributed by atoms with Crippen molar-refractivity contribution >= 4 is 21.6 Å². The van der Waals surface area contributed by atoms with Gasteiger partial charge in [-0.15, -0.1) is 11.3 Å². The molecule has 0 bridgehead atoms. The van der Waals surface area contributed by atoms with E-state index in [-0.39, 0.29) is 11.1 Å². The standard InChI is InChI=1S/C13H19N3OS/c1-13(2,3)15-6-4-7-16-9-14-11-10(12(16)17)5-8-18-11/h5,8-9,15H,4,6-7H2,1-3H3. The van der Waals surface area contributed by atoms with Crippen molar-refractivity contribution in [2.75, 3.05) is 6.54 Å². The second kappa shape index (κ2) is 5.20. The Labute approximate surface area is 111 Å². The fourth-order valence-corrected chi connectivity index (χ4v) is 2.49. The Kier molecular flexibility index (Phi) is 3.82. The van der Waals surface area contributed by atoms with Gasteiger partial charge in [0, 0.05) is 12.1 Å². The van der Waals surface area contributed by atoms with Gasteiger partial charge in [0.1, 0.15) is 4.83 Å². The molecule has 0 aliphatic carbocycles. The number of aryl methyl sites for hydroxylation is 1. The fraction of sp³-hybridized carbons (Fsp3) is 0.538. The highest BCUT2D eigenvalue weighted by Gasteiger charge is 2.08. The molecule has 18 heavy (non-hydrogen) atoms. The van der Waals surface area contributed by atoms with Gasteiger partial charge in [0.15, 0.2) is 0 Å². The lowest BCUT2D eigenvalue weighted by Crippen LogP contribution is -2.37. The lowest BCUT2D eigenvalue weighted by Gasteiger charge is -2.20. The number of fused-ring (bicyclic) bond motifs is 1. The van der Waals surface area contributed by atoms with Crippen LogP contribution in [0.4, 0.5) is 0 Å². The number of thiophene rings is 1. The largest absolute Gasteiger partial charge is 0.312 e. The molecule has 0 aliphatic heterocycles. The number of hydrogen-bond acceptors (Lipinski definition) is 4. The van der Waals surface area contributed by atoms with E-state index in [1.54, 1.807) is 10.9 Å². The van der Waals surface area contributed by atoms with E-state index in [9.17, 15) is 4.79 Å². The number of nitrogens with one attached hydrogen (secondary N) is 1. The van der Waals surface area contributed by atoms with E-state index in [4.69, 9.17) is 0 Å². The summed E-state index contributed by atoms with van der Waals surface area (Å²) in [6.07, 6.45) is 2.58. The molecular weight excluding hydrogens is 246 g/mol. The third-order valence-corrected chi connectivity index (χ3v) is 3.50. The molecule has 0 aromatic carbocycles. The number of rotatable bonds is 4. The normalized spacial score (nSPS) is 12.2. The lowest BCUT2D eigenvalue weighted by molar-refractivity contribution is 0.412. The molecule has 0 amide bonds. The first-order valence-corrected chi connectivity index (χ1v) is 7.03. The molecule has 0 atom stereocenters. The summed E-state index contributed by atoms with van der Waals surface area (Å²) in [7, 11) is 0. The monoisotopic (exact) mass is 265 g/mol. The minimum atomic E-state index is 0.0667. The molecule has 2 aromatic rings. The van der Waals surface area contributed by atoms with Crippen LogP contribution in [0.1, 0.15) is 27.2 Å². The first-order chi connectivity index (χ1) is 8.47. The lowest BCUT2D eigenvalue weighted by atomic mass is 10.1. The van der Waals surface area contributed by atoms with Crippen molar-refractivity contribution in [1.82, 2.24) is 14.9 Å². The number of nitrogens with zero attached hydrogens (tertiary/aromatic N) is 2. The molecule has 0 saturated carbocycles. The van der Waals surface area contributed by atoms with Crippen molar-refractivity contribution in [3.05, 3.63) is 28.1 Å². The van der Waals surface area contributed by atoms with Crippen LogP contribution in [-0.2, 0) is 6.54 Å². The van der Waals surface area contributed by atoms with E-state index in [1.807, 2.05) is 11.4 Å². The molecule has 1 N–H and O–H groups in total. The maximum absolute atomic E-state index is 12.1. The van der Waals surface area contributed by atoms with Crippen LogP contribution in [0.2, 0.25) is 0 Å². The Morgan fingerprint density at radius 3 is 2.94 bits per heavy atom. The van der Waals surface area contributed by atoms with Gasteiger partial charge < -0.3 is 5.32 Å². The summed E-state index contributed by atoms with van der Waals surface area (Å²) < 4.78 is 1.69. The molecule has 2 rings (SSSR count). The third kappa shape index (κ3) is 3.17. The van der Waals surface area contributed by atoms with E-state index in [1.165, 1.54) is 11.3 Å². The molecule has 0 saturated heterocycles. The number of aromatic nitrogens is 2. The Bertz CT molecular complexity index is 580. The molecule has 0 radical (unpaired) electrons. The van der Waals surface area contributed by atoms with Crippen molar-refractivity contribution in [3.63, 3.8) is 0 Å². The van der Waals surface area contributed by atoms with Crippen molar-refractivity contribution in [3.8, 4) is 0 Å². The van der Waals surface area contributed by atoms with Gasteiger partial charge >= 0.3 is 0 Å². The zero-order valence-corrected chi connectivity index (χ0v) is 11.9. The Hall–Kier alpha value is -1.20. The van der Waals surface area contributed by atoms with Gasteiger partial charge in [0.05, 0.1) is 11.7 Å². The predicted molar refractivity (Wildman–Crippen MR) is 76.3 cm³/mol. The zero-order valence-electron chi connectivity index (χ0n) is 11.1. The molecule has 0 aliphatic rings. The van der Waals surface area contributed by atoms with Gasteiger partial charge in [0.25, 0.3) is 5.56 Å². The van der Waals surface area contributed by atoms with Crippen molar-refractivity contribution in [2.45, 2.75) is 39.3 Å². The van der Waals surface area contributed by atoms with Crippen molar-refractivity contribution in [1.29, 1.82) is 0 Å². The van der Waals surface area contributed by atoms with Gasteiger partial charge in [0.2, 0.25) is 0 Å². The van der Waals surface area contributed by atoms with Gasteiger partial charge in [-0.25, -0.2) is 4.98 Å². The summed E-state index contributed by atoms with van der Waals surface area (Å²) in [5.41, 5.74) is 0.192. The van der Waals surface area contributed by atoms with Crippen LogP contribution >= 0.6 is 11.3 Å². The van der Waals surface area contributed by atoms with Crippen LogP contribution in [0.15, 0.2) is 22.6 Å². The van der Waals surface area contributed by atoms with Crippen molar-refractivity contribution in [2.24, 2.45) is 0 Å². The van der Waals surface area contributed by atoms with Crippen LogP contribution < -0.4 is 10.9 Å². The van der Waals surface area contributed by atoms with Gasteiger partial charge in [-0.2, -0.15) is 0 Å². The highest BCUT2D eigenvalue weighted by atomic mass is 32.1. The van der Waals surface area contributed by atoms with Crippen molar-refractivity contribution < 1.29 is 0 Å². The SMILES string of the molecule is CC(C)(C)NCCCn1cnc2sccc2c1=O. The molecule has 0 unspecified atom stereocenters. The Morgan fingerprint density at radius 1 is 1.44 bits per heavy atom. The average molecular weight is 265 g/mol. The van der Waals surface area contributed by atoms with Crippen LogP contribution in [-0.4, -0.2) is 21.6 Å². The molecule has 5 heteroatoms. The van der Waals surface area contributed by atoms with E-state index >= 15 is 0 Å². The second-order valence-electron chi connectivity index (χ2n) is 5.41. The van der Waals surface area contributed by atoms with Crippen LogP contribution in [0.5, 0.6) is 0 Å². The first kappa shape index (κ1) is 13.2. The Morgan fingerprint density at radius 2 is 2.22 bits per heavy atom. The second-order valence-corrected chi connectivity index (χ2v) is 6.31. The van der Waals surface area contributed by atoms with Gasteiger partial charge in [-0.1, -0.05) is 0 Å². The van der Waals surface area contributed by atoms with E-state index < -0.39 is 0 Å². The van der Waals surface area contributed by atoms with Crippen LogP contribution in [0.3, 0.4) is 0 Å². The van der Waals surface area contributed by atoms with Gasteiger partial charge in [-0.05, 0) is 45.2 Å².